The van der Waals surface area contributed by atoms with Gasteiger partial charge in [0.15, 0.2) is 16.7 Å². The van der Waals surface area contributed by atoms with Crippen LogP contribution in [0.25, 0.3) is 11.0 Å². The van der Waals surface area contributed by atoms with Gasteiger partial charge >= 0.3 is 12.3 Å². The van der Waals surface area contributed by atoms with Crippen molar-refractivity contribution in [2.45, 2.75) is 16.7 Å². The summed E-state index contributed by atoms with van der Waals surface area (Å²) < 4.78 is 9.19. The number of carboxylic acid groups (broad SMARTS) is 2. The number of carbonyl (C=O) groups is 2. The lowest BCUT2D eigenvalue weighted by molar-refractivity contribution is 0.00102. The van der Waals surface area contributed by atoms with E-state index in [2.05, 4.69) is 19.4 Å². The van der Waals surface area contributed by atoms with Gasteiger partial charge in [0, 0.05) is 0 Å². The molecule has 2 rings (SSSR count). The number of halogens is 1. The summed E-state index contributed by atoms with van der Waals surface area (Å²) in [6, 6.07) is 7.19. The lowest BCUT2D eigenvalue weighted by Gasteiger charge is -2.21. The van der Waals surface area contributed by atoms with Crippen LogP contribution < -0.4 is 0 Å². The number of para-hydroxylation sites is 2. The Kier molecular flexibility index (Phi) is 5.34. The molecule has 2 unspecified atom stereocenters. The Bertz CT molecular complexity index is 645. The molecule has 0 aliphatic heterocycles. The fraction of sp³-hybridized carbons (Fsp3) is 0.250. The Labute approximate surface area is 133 Å². The highest BCUT2D eigenvalue weighted by Crippen LogP contribution is 2.28. The van der Waals surface area contributed by atoms with Crippen molar-refractivity contribution in [3.05, 3.63) is 24.3 Å². The minimum Gasteiger partial charge on any atom is -0.450 e. The first kappa shape index (κ1) is 16.2. The van der Waals surface area contributed by atoms with E-state index in [1.165, 1.54) is 0 Å². The van der Waals surface area contributed by atoms with Gasteiger partial charge in [-0.1, -0.05) is 12.1 Å². The van der Waals surface area contributed by atoms with E-state index in [-0.39, 0.29) is 5.88 Å². The lowest BCUT2D eigenvalue weighted by atomic mass is 10.3. The number of nitrogens with one attached hydrogen (secondary N) is 1. The monoisotopic (exact) mass is 346 g/mol. The number of fused-ring (bicyclic) bond motifs is 1. The molecule has 22 heavy (non-hydrogen) atoms. The summed E-state index contributed by atoms with van der Waals surface area (Å²) in [7, 11) is 0. The van der Waals surface area contributed by atoms with Crippen LogP contribution in [0.2, 0.25) is 0 Å². The van der Waals surface area contributed by atoms with E-state index >= 15 is 0 Å². The van der Waals surface area contributed by atoms with Gasteiger partial charge in [0.2, 0.25) is 0 Å². The Morgan fingerprint density at radius 1 is 1.27 bits per heavy atom. The summed E-state index contributed by atoms with van der Waals surface area (Å²) in [6.45, 7) is 0. The van der Waals surface area contributed by atoms with Crippen LogP contribution >= 0.6 is 23.4 Å². The summed E-state index contributed by atoms with van der Waals surface area (Å²) >= 11 is 6.50. The fourth-order valence-electron chi connectivity index (χ4n) is 1.66. The number of benzene rings is 1. The van der Waals surface area contributed by atoms with Crippen LogP contribution in [0.1, 0.15) is 0 Å². The number of imidazole rings is 1. The third-order valence-corrected chi connectivity index (χ3v) is 3.87. The Morgan fingerprint density at radius 2 is 1.95 bits per heavy atom. The second kappa shape index (κ2) is 7.23. The van der Waals surface area contributed by atoms with Gasteiger partial charge in [0.25, 0.3) is 0 Å². The van der Waals surface area contributed by atoms with Crippen LogP contribution in [0.4, 0.5) is 9.59 Å². The predicted molar refractivity (Wildman–Crippen MR) is 78.5 cm³/mol. The van der Waals surface area contributed by atoms with Crippen molar-refractivity contribution in [3.8, 4) is 0 Å². The first-order chi connectivity index (χ1) is 10.5. The molecule has 0 aliphatic rings. The van der Waals surface area contributed by atoms with Crippen molar-refractivity contribution in [1.29, 1.82) is 0 Å². The maximum Gasteiger partial charge on any atom is 0.507 e. The van der Waals surface area contributed by atoms with Gasteiger partial charge in [-0.15, -0.1) is 11.6 Å². The van der Waals surface area contributed by atoms with E-state index in [4.69, 9.17) is 21.8 Å². The molecule has 2 atom stereocenters. The maximum atomic E-state index is 10.8. The van der Waals surface area contributed by atoms with Crippen molar-refractivity contribution in [3.63, 3.8) is 0 Å². The molecule has 0 bridgehead atoms. The second-order valence-electron chi connectivity index (χ2n) is 4.01. The molecule has 0 saturated carbocycles. The zero-order valence-electron chi connectivity index (χ0n) is 10.9. The van der Waals surface area contributed by atoms with Crippen molar-refractivity contribution in [1.82, 2.24) is 9.97 Å². The third-order valence-electron chi connectivity index (χ3n) is 2.52. The van der Waals surface area contributed by atoms with E-state index in [9.17, 15) is 9.59 Å². The highest BCUT2D eigenvalue weighted by Gasteiger charge is 2.30. The van der Waals surface area contributed by atoms with Gasteiger partial charge in [-0.25, -0.2) is 14.6 Å². The van der Waals surface area contributed by atoms with Gasteiger partial charge in [-0.3, -0.25) is 0 Å². The third kappa shape index (κ3) is 4.18. The number of thioether (sulfide) groups is 1. The SMILES string of the molecule is O=C(O)OC(CCl)C(OC(=O)O)Sc1nc2ccccc2[nH]1. The number of H-pyrrole nitrogens is 1. The predicted octanol–water partition coefficient (Wildman–Crippen LogP) is 2.98. The maximum absolute atomic E-state index is 10.8. The Morgan fingerprint density at radius 3 is 2.55 bits per heavy atom. The van der Waals surface area contributed by atoms with Crippen LogP contribution in [-0.4, -0.2) is 49.9 Å². The number of nitrogens with zero attached hydrogens (tertiary/aromatic N) is 1. The largest absolute Gasteiger partial charge is 0.507 e. The van der Waals surface area contributed by atoms with Crippen molar-refractivity contribution in [2.24, 2.45) is 0 Å². The molecule has 1 heterocycles. The van der Waals surface area contributed by atoms with E-state index in [0.717, 1.165) is 17.3 Å². The Hall–Kier alpha value is -2.13. The molecule has 1 aromatic heterocycles. The molecular formula is C12H11ClN2O6S. The number of aromatic amines is 1. The first-order valence-electron chi connectivity index (χ1n) is 5.96. The highest BCUT2D eigenvalue weighted by molar-refractivity contribution is 7.99. The molecule has 0 aliphatic carbocycles. The minimum absolute atomic E-state index is 0.266. The van der Waals surface area contributed by atoms with Gasteiger partial charge in [-0.05, 0) is 23.9 Å². The molecule has 8 nitrogen and oxygen atoms in total. The molecule has 0 amide bonds. The van der Waals surface area contributed by atoms with Crippen LogP contribution in [0.15, 0.2) is 29.4 Å². The van der Waals surface area contributed by atoms with Crippen LogP contribution in [0.3, 0.4) is 0 Å². The topological polar surface area (TPSA) is 122 Å². The van der Waals surface area contributed by atoms with Gasteiger partial charge in [0.1, 0.15) is 0 Å². The molecule has 0 radical (unpaired) electrons. The summed E-state index contributed by atoms with van der Waals surface area (Å²) in [4.78, 5) is 28.6. The number of alkyl halides is 1. The zero-order valence-corrected chi connectivity index (χ0v) is 12.5. The molecule has 1 aromatic carbocycles. The number of hydrogen-bond donors (Lipinski definition) is 3. The molecule has 3 N–H and O–H groups in total. The van der Waals surface area contributed by atoms with E-state index in [1.807, 2.05) is 6.07 Å². The van der Waals surface area contributed by atoms with Crippen molar-refractivity contribution >= 4 is 46.7 Å². The second-order valence-corrected chi connectivity index (χ2v) is 5.40. The van der Waals surface area contributed by atoms with Crippen LogP contribution in [0, 0.1) is 0 Å². The molecule has 0 spiro atoms. The normalized spacial score (nSPS) is 13.5. The first-order valence-corrected chi connectivity index (χ1v) is 7.37. The van der Waals surface area contributed by atoms with Crippen LogP contribution in [-0.2, 0) is 9.47 Å². The van der Waals surface area contributed by atoms with E-state index < -0.39 is 23.9 Å². The standard InChI is InChI=1S/C12H11ClN2O6S/c13-5-8(20-11(16)17)9(21-12(18)19)22-10-14-6-3-1-2-4-7(6)15-10/h1-4,8-9H,5H2,(H,14,15)(H,16,17)(H,18,19). The van der Waals surface area contributed by atoms with Gasteiger partial charge in [-0.2, -0.15) is 0 Å². The number of aromatic nitrogens is 2. The smallest absolute Gasteiger partial charge is 0.450 e. The number of hydrogen-bond acceptors (Lipinski definition) is 6. The summed E-state index contributed by atoms with van der Waals surface area (Å²) in [5, 5.41) is 17.8. The quantitative estimate of drug-likeness (QED) is 0.316. The fourth-order valence-corrected chi connectivity index (χ4v) is 2.96. The van der Waals surface area contributed by atoms with Crippen molar-refractivity contribution in [2.75, 3.05) is 5.88 Å². The minimum atomic E-state index is -1.57. The molecule has 0 fully saturated rings. The molecule has 2 aromatic rings. The summed E-state index contributed by atoms with van der Waals surface area (Å²) in [5.74, 6) is -0.266. The van der Waals surface area contributed by atoms with Crippen LogP contribution in [0.5, 0.6) is 0 Å². The molecule has 10 heteroatoms. The summed E-state index contributed by atoms with van der Waals surface area (Å²) in [6.07, 6.45) is -4.32. The average molecular weight is 347 g/mol. The lowest BCUT2D eigenvalue weighted by Crippen LogP contribution is -2.34. The van der Waals surface area contributed by atoms with Crippen molar-refractivity contribution < 1.29 is 29.3 Å². The van der Waals surface area contributed by atoms with Gasteiger partial charge in [0.05, 0.1) is 16.9 Å². The molecule has 118 valence electrons. The average Bonchev–Trinajstić information content (AvgIpc) is 2.85. The van der Waals surface area contributed by atoms with Gasteiger partial charge < -0.3 is 24.7 Å². The highest BCUT2D eigenvalue weighted by atomic mass is 35.5. The van der Waals surface area contributed by atoms with E-state index in [1.54, 1.807) is 18.2 Å². The molecule has 0 saturated heterocycles. The summed E-state index contributed by atoms with van der Waals surface area (Å²) in [5.41, 5.74) is 0.243. The van der Waals surface area contributed by atoms with E-state index in [0.29, 0.717) is 10.7 Å². The number of ether oxygens (including phenoxy) is 2. The zero-order chi connectivity index (χ0) is 16.1. The molecular weight excluding hydrogens is 336 g/mol. The number of rotatable bonds is 6. The Balaban J connectivity index is 2.20.